The molecule has 2 heterocycles. The van der Waals surface area contributed by atoms with Gasteiger partial charge in [0.25, 0.3) is 0 Å². The second kappa shape index (κ2) is 4.70. The molecule has 1 aromatic rings. The van der Waals surface area contributed by atoms with Gasteiger partial charge in [-0.1, -0.05) is 11.6 Å². The largest absolute Gasteiger partial charge is 0.397 e. The molecule has 17 heavy (non-hydrogen) atoms. The molecule has 1 saturated heterocycles. The molecular weight excluding hydrogens is 238 g/mol. The Morgan fingerprint density at radius 1 is 1.59 bits per heavy atom. The first kappa shape index (κ1) is 12.5. The number of hydrogen-bond acceptors (Lipinski definition) is 4. The first-order chi connectivity index (χ1) is 7.96. The van der Waals surface area contributed by atoms with E-state index in [1.54, 1.807) is 12.3 Å². The average Bonchev–Trinajstić information content (AvgIpc) is 2.21. The number of hydrogen-bond donors (Lipinski definition) is 2. The summed E-state index contributed by atoms with van der Waals surface area (Å²) in [5.74, 6) is 0.698. The van der Waals surface area contributed by atoms with Crippen molar-refractivity contribution in [2.75, 3.05) is 17.7 Å². The first-order valence-corrected chi connectivity index (χ1v) is 6.15. The highest BCUT2D eigenvalue weighted by Gasteiger charge is 2.29. The van der Waals surface area contributed by atoms with E-state index in [0.717, 1.165) is 19.4 Å². The first-order valence-electron chi connectivity index (χ1n) is 5.78. The quantitative estimate of drug-likeness (QED) is 0.853. The normalized spacial score (nSPS) is 23.4. The van der Waals surface area contributed by atoms with Gasteiger partial charge in [-0.3, -0.25) is 0 Å². The summed E-state index contributed by atoms with van der Waals surface area (Å²) >= 11 is 6.08. The molecule has 1 unspecified atom stereocenters. The van der Waals surface area contributed by atoms with Crippen LogP contribution in [0, 0.1) is 0 Å². The number of aromatic nitrogens is 1. The second-order valence-corrected chi connectivity index (χ2v) is 5.45. The van der Waals surface area contributed by atoms with Gasteiger partial charge in [0.2, 0.25) is 0 Å². The lowest BCUT2D eigenvalue weighted by Crippen LogP contribution is -2.40. The van der Waals surface area contributed by atoms with Crippen molar-refractivity contribution in [3.63, 3.8) is 0 Å². The van der Waals surface area contributed by atoms with E-state index in [-0.39, 0.29) is 5.60 Å². The summed E-state index contributed by atoms with van der Waals surface area (Å²) in [7, 11) is 0. The van der Waals surface area contributed by atoms with Gasteiger partial charge in [-0.25, -0.2) is 4.98 Å². The third-order valence-electron chi connectivity index (χ3n) is 2.90. The summed E-state index contributed by atoms with van der Waals surface area (Å²) in [5, 5.41) is 3.92. The molecule has 0 spiro atoms. The van der Waals surface area contributed by atoms with Crippen molar-refractivity contribution in [1.29, 1.82) is 0 Å². The summed E-state index contributed by atoms with van der Waals surface area (Å²) in [6, 6.07) is 2.05. The number of nitrogens with one attached hydrogen (secondary N) is 1. The van der Waals surface area contributed by atoms with Crippen molar-refractivity contribution in [2.24, 2.45) is 0 Å². The number of nitrogens with two attached hydrogens (primary N) is 1. The average molecular weight is 256 g/mol. The Kier molecular flexibility index (Phi) is 3.45. The molecule has 2 rings (SSSR count). The van der Waals surface area contributed by atoms with Crippen LogP contribution in [0.4, 0.5) is 11.5 Å². The van der Waals surface area contributed by atoms with E-state index in [1.165, 1.54) is 0 Å². The summed E-state index contributed by atoms with van der Waals surface area (Å²) in [6.07, 6.45) is 3.51. The Hall–Kier alpha value is -1.00. The standard InChI is InChI=1S/C12H18ClN3O/c1-12(2)6-9(3-4-17-12)16-11-10(13)5-8(14)7-15-11/h5,7,9H,3-4,6,14H2,1-2H3,(H,15,16). The summed E-state index contributed by atoms with van der Waals surface area (Å²) in [5.41, 5.74) is 6.10. The Labute approximate surface area is 107 Å². The maximum atomic E-state index is 6.08. The molecule has 0 aromatic carbocycles. The monoisotopic (exact) mass is 255 g/mol. The molecule has 5 heteroatoms. The van der Waals surface area contributed by atoms with Crippen LogP contribution in [0.5, 0.6) is 0 Å². The van der Waals surface area contributed by atoms with Gasteiger partial charge in [-0.2, -0.15) is 0 Å². The van der Waals surface area contributed by atoms with Crippen molar-refractivity contribution in [1.82, 2.24) is 4.98 Å². The summed E-state index contributed by atoms with van der Waals surface area (Å²) in [4.78, 5) is 4.21. The molecule has 0 bridgehead atoms. The van der Waals surface area contributed by atoms with Crippen LogP contribution in [0.2, 0.25) is 5.02 Å². The molecule has 4 nitrogen and oxygen atoms in total. The van der Waals surface area contributed by atoms with E-state index >= 15 is 0 Å². The smallest absolute Gasteiger partial charge is 0.145 e. The van der Waals surface area contributed by atoms with Crippen LogP contribution >= 0.6 is 11.6 Å². The summed E-state index contributed by atoms with van der Waals surface area (Å²) in [6.45, 7) is 4.95. The maximum Gasteiger partial charge on any atom is 0.145 e. The Bertz CT molecular complexity index is 409. The highest BCUT2D eigenvalue weighted by Crippen LogP contribution is 2.28. The lowest BCUT2D eigenvalue weighted by molar-refractivity contribution is -0.0553. The minimum atomic E-state index is -0.0871. The lowest BCUT2D eigenvalue weighted by Gasteiger charge is -2.36. The highest BCUT2D eigenvalue weighted by molar-refractivity contribution is 6.33. The van der Waals surface area contributed by atoms with E-state index < -0.39 is 0 Å². The number of pyridine rings is 1. The Morgan fingerprint density at radius 2 is 2.35 bits per heavy atom. The van der Waals surface area contributed by atoms with E-state index in [9.17, 15) is 0 Å². The number of nitrogen functional groups attached to an aromatic ring is 1. The van der Waals surface area contributed by atoms with Gasteiger partial charge in [0.05, 0.1) is 22.5 Å². The second-order valence-electron chi connectivity index (χ2n) is 5.04. The van der Waals surface area contributed by atoms with Crippen LogP contribution in [0.25, 0.3) is 0 Å². The van der Waals surface area contributed by atoms with Crippen LogP contribution in [0.15, 0.2) is 12.3 Å². The van der Waals surface area contributed by atoms with E-state index in [1.807, 2.05) is 0 Å². The topological polar surface area (TPSA) is 60.2 Å². The molecule has 94 valence electrons. The van der Waals surface area contributed by atoms with E-state index in [2.05, 4.69) is 24.1 Å². The van der Waals surface area contributed by atoms with Crippen LogP contribution in [-0.2, 0) is 4.74 Å². The minimum absolute atomic E-state index is 0.0871. The van der Waals surface area contributed by atoms with Crippen LogP contribution < -0.4 is 11.1 Å². The molecule has 1 aromatic heterocycles. The summed E-state index contributed by atoms with van der Waals surface area (Å²) < 4.78 is 5.67. The van der Waals surface area contributed by atoms with Gasteiger partial charge in [0, 0.05) is 12.6 Å². The van der Waals surface area contributed by atoms with Crippen molar-refractivity contribution >= 4 is 23.1 Å². The molecule has 1 fully saturated rings. The van der Waals surface area contributed by atoms with Crippen LogP contribution in [0.1, 0.15) is 26.7 Å². The molecule has 1 atom stereocenters. The molecular formula is C12H18ClN3O. The third kappa shape index (κ3) is 3.23. The van der Waals surface area contributed by atoms with Crippen LogP contribution in [0.3, 0.4) is 0 Å². The lowest BCUT2D eigenvalue weighted by atomic mass is 9.94. The molecule has 0 saturated carbocycles. The Balaban J connectivity index is 2.05. The predicted molar refractivity (Wildman–Crippen MR) is 70.3 cm³/mol. The third-order valence-corrected chi connectivity index (χ3v) is 3.19. The number of rotatable bonds is 2. The van der Waals surface area contributed by atoms with E-state index in [4.69, 9.17) is 22.1 Å². The molecule has 3 N–H and O–H groups in total. The van der Waals surface area contributed by atoms with Crippen molar-refractivity contribution in [3.8, 4) is 0 Å². The van der Waals surface area contributed by atoms with Crippen molar-refractivity contribution in [3.05, 3.63) is 17.3 Å². The zero-order valence-corrected chi connectivity index (χ0v) is 10.9. The van der Waals surface area contributed by atoms with Crippen molar-refractivity contribution < 1.29 is 4.74 Å². The van der Waals surface area contributed by atoms with Gasteiger partial charge in [-0.05, 0) is 32.8 Å². The fourth-order valence-corrected chi connectivity index (χ4v) is 2.34. The van der Waals surface area contributed by atoms with Gasteiger partial charge < -0.3 is 15.8 Å². The molecule has 1 aliphatic heterocycles. The number of ether oxygens (including phenoxy) is 1. The Morgan fingerprint density at radius 3 is 3.00 bits per heavy atom. The zero-order chi connectivity index (χ0) is 12.5. The van der Waals surface area contributed by atoms with Gasteiger partial charge >= 0.3 is 0 Å². The zero-order valence-electron chi connectivity index (χ0n) is 10.2. The van der Waals surface area contributed by atoms with Gasteiger partial charge in [0.15, 0.2) is 0 Å². The van der Waals surface area contributed by atoms with E-state index in [0.29, 0.717) is 22.6 Å². The SMILES string of the molecule is CC1(C)CC(Nc2ncc(N)cc2Cl)CCO1. The maximum absolute atomic E-state index is 6.08. The molecule has 0 aliphatic carbocycles. The molecule has 1 aliphatic rings. The fourth-order valence-electron chi connectivity index (χ4n) is 2.11. The number of anilines is 2. The number of nitrogens with zero attached hydrogens (tertiary/aromatic N) is 1. The van der Waals surface area contributed by atoms with Gasteiger partial charge in [-0.15, -0.1) is 0 Å². The predicted octanol–water partition coefficient (Wildman–Crippen LogP) is 2.69. The van der Waals surface area contributed by atoms with Crippen LogP contribution in [-0.4, -0.2) is 23.2 Å². The fraction of sp³-hybridized carbons (Fsp3) is 0.583. The van der Waals surface area contributed by atoms with Crippen molar-refractivity contribution in [2.45, 2.75) is 38.3 Å². The molecule has 0 amide bonds. The minimum Gasteiger partial charge on any atom is -0.397 e. The molecule has 0 radical (unpaired) electrons. The number of halogens is 1. The van der Waals surface area contributed by atoms with Gasteiger partial charge in [0.1, 0.15) is 5.82 Å². The highest BCUT2D eigenvalue weighted by atomic mass is 35.5.